The summed E-state index contributed by atoms with van der Waals surface area (Å²) < 4.78 is 5.18. The van der Waals surface area contributed by atoms with Crippen LogP contribution in [0.1, 0.15) is 37.8 Å². The Morgan fingerprint density at radius 1 is 1.29 bits per heavy atom. The van der Waals surface area contributed by atoms with Crippen molar-refractivity contribution in [2.75, 3.05) is 39.9 Å². The number of likely N-dealkylation sites (tertiary alicyclic amines) is 2. The van der Waals surface area contributed by atoms with Crippen molar-refractivity contribution in [1.29, 1.82) is 0 Å². The van der Waals surface area contributed by atoms with Crippen LogP contribution in [0.25, 0.3) is 0 Å². The van der Waals surface area contributed by atoms with Crippen molar-refractivity contribution in [3.05, 3.63) is 30.1 Å². The van der Waals surface area contributed by atoms with E-state index in [1.165, 1.54) is 19.4 Å². The van der Waals surface area contributed by atoms with Crippen molar-refractivity contribution in [2.45, 2.75) is 38.6 Å². The molecule has 5 heteroatoms. The molecule has 0 N–H and O–H groups in total. The highest BCUT2D eigenvalue weighted by Gasteiger charge is 2.41. The third-order valence-corrected chi connectivity index (χ3v) is 5.39. The Morgan fingerprint density at radius 2 is 2.21 bits per heavy atom. The number of piperidine rings is 2. The molecule has 0 bridgehead atoms. The van der Waals surface area contributed by atoms with Gasteiger partial charge in [-0.05, 0) is 44.4 Å². The highest BCUT2D eigenvalue weighted by molar-refractivity contribution is 5.77. The molecule has 1 unspecified atom stereocenters. The quantitative estimate of drug-likeness (QED) is 0.751. The van der Waals surface area contributed by atoms with E-state index in [1.807, 2.05) is 23.1 Å². The van der Waals surface area contributed by atoms with Crippen LogP contribution in [-0.2, 0) is 16.1 Å². The Labute approximate surface area is 145 Å². The van der Waals surface area contributed by atoms with Gasteiger partial charge in [0.1, 0.15) is 0 Å². The van der Waals surface area contributed by atoms with Gasteiger partial charge in [0.2, 0.25) is 5.91 Å². The van der Waals surface area contributed by atoms with Gasteiger partial charge in [0.05, 0.1) is 12.2 Å². The SMILES string of the molecule is COCCCN1CCCC2(CCC(=O)N(Cc3ccccn3)C2)C1. The van der Waals surface area contributed by atoms with E-state index >= 15 is 0 Å². The van der Waals surface area contributed by atoms with Gasteiger partial charge in [0.15, 0.2) is 0 Å². The van der Waals surface area contributed by atoms with Crippen LogP contribution in [0, 0.1) is 5.41 Å². The number of hydrogen-bond donors (Lipinski definition) is 0. The van der Waals surface area contributed by atoms with Crippen molar-refractivity contribution >= 4 is 5.91 Å². The summed E-state index contributed by atoms with van der Waals surface area (Å²) in [6.07, 6.45) is 7.07. The van der Waals surface area contributed by atoms with Crippen LogP contribution in [0.5, 0.6) is 0 Å². The zero-order valence-corrected chi connectivity index (χ0v) is 14.7. The summed E-state index contributed by atoms with van der Waals surface area (Å²) in [7, 11) is 1.76. The van der Waals surface area contributed by atoms with E-state index in [-0.39, 0.29) is 11.3 Å². The van der Waals surface area contributed by atoms with Crippen LogP contribution in [0.3, 0.4) is 0 Å². The fourth-order valence-corrected chi connectivity index (χ4v) is 4.20. The number of carbonyl (C=O) groups excluding carboxylic acids is 1. The first-order valence-corrected chi connectivity index (χ1v) is 9.10. The minimum atomic E-state index is 0.272. The Kier molecular flexibility index (Phi) is 5.85. The van der Waals surface area contributed by atoms with E-state index in [0.29, 0.717) is 13.0 Å². The molecule has 2 aliphatic rings. The summed E-state index contributed by atoms with van der Waals surface area (Å²) in [6, 6.07) is 5.92. The number of hydrogen-bond acceptors (Lipinski definition) is 4. The fourth-order valence-electron chi connectivity index (χ4n) is 4.20. The highest BCUT2D eigenvalue weighted by atomic mass is 16.5. The molecule has 2 aliphatic heterocycles. The van der Waals surface area contributed by atoms with E-state index in [9.17, 15) is 4.79 Å². The molecule has 3 rings (SSSR count). The number of nitrogens with zero attached hydrogens (tertiary/aromatic N) is 3. The molecule has 1 aromatic heterocycles. The van der Waals surface area contributed by atoms with E-state index in [1.54, 1.807) is 13.3 Å². The molecule has 132 valence electrons. The van der Waals surface area contributed by atoms with E-state index < -0.39 is 0 Å². The first kappa shape index (κ1) is 17.4. The number of pyridine rings is 1. The third-order valence-electron chi connectivity index (χ3n) is 5.39. The van der Waals surface area contributed by atoms with Gasteiger partial charge in [0.25, 0.3) is 0 Å². The lowest BCUT2D eigenvalue weighted by Crippen LogP contribution is -2.53. The average molecular weight is 331 g/mol. The number of aromatic nitrogens is 1. The molecule has 0 aliphatic carbocycles. The molecular weight excluding hydrogens is 302 g/mol. The Bertz CT molecular complexity index is 537. The molecule has 0 aromatic carbocycles. The van der Waals surface area contributed by atoms with E-state index in [4.69, 9.17) is 4.74 Å². The van der Waals surface area contributed by atoms with Crippen LogP contribution in [0.4, 0.5) is 0 Å². The van der Waals surface area contributed by atoms with Crippen molar-refractivity contribution in [2.24, 2.45) is 5.41 Å². The summed E-state index contributed by atoms with van der Waals surface area (Å²) in [4.78, 5) is 21.4. The minimum Gasteiger partial charge on any atom is -0.385 e. The monoisotopic (exact) mass is 331 g/mol. The molecular formula is C19H29N3O2. The zero-order chi connectivity index (χ0) is 16.8. The largest absolute Gasteiger partial charge is 0.385 e. The molecule has 0 saturated carbocycles. The summed E-state index contributed by atoms with van der Waals surface area (Å²) in [5.74, 6) is 0.280. The third kappa shape index (κ3) is 4.33. The molecule has 0 radical (unpaired) electrons. The molecule has 1 amide bonds. The van der Waals surface area contributed by atoms with Gasteiger partial charge in [-0.15, -0.1) is 0 Å². The number of carbonyl (C=O) groups is 1. The Morgan fingerprint density at radius 3 is 3.00 bits per heavy atom. The number of amides is 1. The number of rotatable bonds is 6. The highest BCUT2D eigenvalue weighted by Crippen LogP contribution is 2.39. The molecule has 2 fully saturated rings. The normalized spacial score (nSPS) is 25.4. The van der Waals surface area contributed by atoms with Crippen molar-refractivity contribution in [1.82, 2.24) is 14.8 Å². The molecule has 2 saturated heterocycles. The molecule has 3 heterocycles. The predicted octanol–water partition coefficient (Wildman–Crippen LogP) is 2.32. The molecule has 1 atom stereocenters. The fraction of sp³-hybridized carbons (Fsp3) is 0.684. The second-order valence-corrected chi connectivity index (χ2v) is 7.30. The van der Waals surface area contributed by atoms with Gasteiger partial charge in [-0.3, -0.25) is 9.78 Å². The smallest absolute Gasteiger partial charge is 0.222 e. The topological polar surface area (TPSA) is 45.7 Å². The van der Waals surface area contributed by atoms with E-state index in [2.05, 4.69) is 9.88 Å². The van der Waals surface area contributed by atoms with Gasteiger partial charge >= 0.3 is 0 Å². The standard InChI is InChI=1S/C19H29N3O2/c1-24-13-5-12-21-11-4-8-19(15-21)9-7-18(23)22(16-19)14-17-6-2-3-10-20-17/h2-3,6,10H,4-5,7-9,11-16H2,1H3. The molecule has 24 heavy (non-hydrogen) atoms. The van der Waals surface area contributed by atoms with Gasteiger partial charge < -0.3 is 14.5 Å². The maximum atomic E-state index is 12.4. The van der Waals surface area contributed by atoms with Crippen LogP contribution >= 0.6 is 0 Å². The molecule has 5 nitrogen and oxygen atoms in total. The minimum absolute atomic E-state index is 0.272. The summed E-state index contributed by atoms with van der Waals surface area (Å²) in [5.41, 5.74) is 1.25. The van der Waals surface area contributed by atoms with E-state index in [0.717, 1.165) is 44.8 Å². The first-order chi connectivity index (χ1) is 11.7. The van der Waals surface area contributed by atoms with Gasteiger partial charge in [-0.1, -0.05) is 6.07 Å². The number of ether oxygens (including phenoxy) is 1. The van der Waals surface area contributed by atoms with Crippen molar-refractivity contribution in [3.8, 4) is 0 Å². The van der Waals surface area contributed by atoms with Gasteiger partial charge in [-0.2, -0.15) is 0 Å². The lowest BCUT2D eigenvalue weighted by Gasteiger charge is -2.48. The summed E-state index contributed by atoms with van der Waals surface area (Å²) >= 11 is 0. The summed E-state index contributed by atoms with van der Waals surface area (Å²) in [5, 5.41) is 0. The summed E-state index contributed by atoms with van der Waals surface area (Å²) in [6.45, 7) is 5.74. The maximum Gasteiger partial charge on any atom is 0.222 e. The predicted molar refractivity (Wildman–Crippen MR) is 93.5 cm³/mol. The second kappa shape index (κ2) is 8.08. The van der Waals surface area contributed by atoms with Crippen LogP contribution in [-0.4, -0.2) is 60.6 Å². The van der Waals surface area contributed by atoms with Crippen molar-refractivity contribution in [3.63, 3.8) is 0 Å². The molecule has 1 aromatic rings. The van der Waals surface area contributed by atoms with Gasteiger partial charge in [0, 0.05) is 51.4 Å². The van der Waals surface area contributed by atoms with Crippen LogP contribution < -0.4 is 0 Å². The number of methoxy groups -OCH3 is 1. The lowest BCUT2D eigenvalue weighted by molar-refractivity contribution is -0.140. The second-order valence-electron chi connectivity index (χ2n) is 7.30. The zero-order valence-electron chi connectivity index (χ0n) is 14.7. The lowest BCUT2D eigenvalue weighted by atomic mass is 9.73. The van der Waals surface area contributed by atoms with Crippen LogP contribution in [0.2, 0.25) is 0 Å². The Hall–Kier alpha value is -1.46. The van der Waals surface area contributed by atoms with Crippen molar-refractivity contribution < 1.29 is 9.53 Å². The maximum absolute atomic E-state index is 12.4. The Balaban J connectivity index is 1.61. The van der Waals surface area contributed by atoms with Crippen LogP contribution in [0.15, 0.2) is 24.4 Å². The van der Waals surface area contributed by atoms with Gasteiger partial charge in [-0.25, -0.2) is 0 Å². The molecule has 1 spiro atoms. The average Bonchev–Trinajstić information content (AvgIpc) is 2.60. The first-order valence-electron chi connectivity index (χ1n) is 9.10.